The van der Waals surface area contributed by atoms with Gasteiger partial charge in [0.1, 0.15) is 12.4 Å². The van der Waals surface area contributed by atoms with Crippen LogP contribution in [-0.2, 0) is 10.0 Å². The van der Waals surface area contributed by atoms with Gasteiger partial charge in [0, 0.05) is 19.2 Å². The molecule has 1 N–H and O–H groups in total. The van der Waals surface area contributed by atoms with Crippen LogP contribution >= 0.6 is 0 Å². The highest BCUT2D eigenvalue weighted by Crippen LogP contribution is 2.13. The van der Waals surface area contributed by atoms with Crippen LogP contribution in [0.4, 0.5) is 0 Å². The molecule has 2 aromatic carbocycles. The molecule has 1 amide bonds. The summed E-state index contributed by atoms with van der Waals surface area (Å²) in [6.07, 6.45) is 1.46. The minimum absolute atomic E-state index is 0.103. The van der Waals surface area contributed by atoms with Gasteiger partial charge in [-0.2, -0.15) is 0 Å². The SMILES string of the molecule is C=CCNS(=O)(=O)c1ccc(C(=O)N(C)CCOc2cccc(C)c2)cc1. The molecule has 0 aliphatic rings. The lowest BCUT2D eigenvalue weighted by Gasteiger charge is -2.18. The van der Waals surface area contributed by atoms with Crippen LogP contribution in [0.15, 0.2) is 66.1 Å². The van der Waals surface area contributed by atoms with E-state index in [0.717, 1.165) is 11.3 Å². The highest BCUT2D eigenvalue weighted by molar-refractivity contribution is 7.89. The van der Waals surface area contributed by atoms with Crippen LogP contribution in [0.5, 0.6) is 5.75 Å². The lowest BCUT2D eigenvalue weighted by molar-refractivity contribution is 0.0773. The monoisotopic (exact) mass is 388 g/mol. The van der Waals surface area contributed by atoms with Crippen molar-refractivity contribution in [3.63, 3.8) is 0 Å². The molecule has 0 aliphatic heterocycles. The van der Waals surface area contributed by atoms with Crippen LogP contribution in [0.2, 0.25) is 0 Å². The van der Waals surface area contributed by atoms with Gasteiger partial charge in [-0.15, -0.1) is 6.58 Å². The Kier molecular flexibility index (Phi) is 7.15. The second-order valence-corrected chi connectivity index (χ2v) is 7.82. The Balaban J connectivity index is 1.93. The minimum Gasteiger partial charge on any atom is -0.492 e. The first-order valence-corrected chi connectivity index (χ1v) is 9.97. The molecule has 27 heavy (non-hydrogen) atoms. The van der Waals surface area contributed by atoms with E-state index in [-0.39, 0.29) is 17.3 Å². The third-order valence-electron chi connectivity index (χ3n) is 3.86. The Morgan fingerprint density at radius 1 is 1.22 bits per heavy atom. The van der Waals surface area contributed by atoms with Crippen LogP contribution in [0.1, 0.15) is 15.9 Å². The van der Waals surface area contributed by atoms with Crippen molar-refractivity contribution in [1.82, 2.24) is 9.62 Å². The van der Waals surface area contributed by atoms with Crippen molar-refractivity contribution >= 4 is 15.9 Å². The number of rotatable bonds is 9. The predicted molar refractivity (Wildman–Crippen MR) is 105 cm³/mol. The van der Waals surface area contributed by atoms with Crippen molar-refractivity contribution < 1.29 is 17.9 Å². The van der Waals surface area contributed by atoms with Gasteiger partial charge in [-0.05, 0) is 48.9 Å². The first-order chi connectivity index (χ1) is 12.8. The Hall–Kier alpha value is -2.64. The van der Waals surface area contributed by atoms with E-state index in [9.17, 15) is 13.2 Å². The molecule has 2 aromatic rings. The maximum atomic E-state index is 12.5. The summed E-state index contributed by atoms with van der Waals surface area (Å²) in [6, 6.07) is 13.5. The maximum Gasteiger partial charge on any atom is 0.253 e. The molecule has 6 nitrogen and oxygen atoms in total. The topological polar surface area (TPSA) is 75.7 Å². The van der Waals surface area contributed by atoms with Crippen LogP contribution in [0, 0.1) is 6.92 Å². The van der Waals surface area contributed by atoms with E-state index in [2.05, 4.69) is 11.3 Å². The Morgan fingerprint density at radius 2 is 1.93 bits per heavy atom. The zero-order chi connectivity index (χ0) is 19.9. The summed E-state index contributed by atoms with van der Waals surface area (Å²) in [5.74, 6) is 0.559. The van der Waals surface area contributed by atoms with E-state index in [1.165, 1.54) is 35.2 Å². The lowest BCUT2D eigenvalue weighted by atomic mass is 10.2. The van der Waals surface area contributed by atoms with Crippen LogP contribution in [-0.4, -0.2) is 46.0 Å². The summed E-state index contributed by atoms with van der Waals surface area (Å²) in [5, 5.41) is 0. The Labute approximate surface area is 160 Å². The molecule has 0 atom stereocenters. The fraction of sp³-hybridized carbons (Fsp3) is 0.250. The molecule has 0 saturated heterocycles. The molecule has 0 fully saturated rings. The summed E-state index contributed by atoms with van der Waals surface area (Å²) < 4.78 is 32.1. The Morgan fingerprint density at radius 3 is 2.56 bits per heavy atom. The third-order valence-corrected chi connectivity index (χ3v) is 5.30. The molecular weight excluding hydrogens is 364 g/mol. The van der Waals surface area contributed by atoms with Crippen LogP contribution in [0.25, 0.3) is 0 Å². The molecule has 0 bridgehead atoms. The van der Waals surface area contributed by atoms with Gasteiger partial charge in [0.15, 0.2) is 0 Å². The average Bonchev–Trinajstić information content (AvgIpc) is 2.66. The highest BCUT2D eigenvalue weighted by atomic mass is 32.2. The number of nitrogens with one attached hydrogen (secondary N) is 1. The molecule has 0 aliphatic carbocycles. The number of likely N-dealkylation sites (N-methyl/N-ethyl adjacent to an activating group) is 1. The predicted octanol–water partition coefficient (Wildman–Crippen LogP) is 2.61. The summed E-state index contributed by atoms with van der Waals surface area (Å²) in [4.78, 5) is 14.1. The van der Waals surface area contributed by atoms with E-state index in [4.69, 9.17) is 4.74 Å². The summed E-state index contributed by atoms with van der Waals surface area (Å²) in [5.41, 5.74) is 1.52. The summed E-state index contributed by atoms with van der Waals surface area (Å²) in [7, 11) is -1.92. The standard InChI is InChI=1S/C20H24N2O4S/c1-4-12-21-27(24,25)19-10-8-17(9-11-19)20(23)22(3)13-14-26-18-7-5-6-16(2)15-18/h4-11,15,21H,1,12-14H2,2-3H3. The van der Waals surface area contributed by atoms with Crippen molar-refractivity contribution in [2.75, 3.05) is 26.7 Å². The fourth-order valence-corrected chi connectivity index (χ4v) is 3.35. The van der Waals surface area contributed by atoms with Gasteiger partial charge in [0.05, 0.1) is 11.4 Å². The van der Waals surface area contributed by atoms with Gasteiger partial charge in [0.2, 0.25) is 10.0 Å². The number of hydrogen-bond donors (Lipinski definition) is 1. The van der Waals surface area contributed by atoms with Gasteiger partial charge in [-0.25, -0.2) is 13.1 Å². The maximum absolute atomic E-state index is 12.5. The molecule has 0 spiro atoms. The van der Waals surface area contributed by atoms with Crippen LogP contribution < -0.4 is 9.46 Å². The third kappa shape index (κ3) is 5.94. The first kappa shape index (κ1) is 20.7. The molecule has 144 valence electrons. The Bertz CT molecular complexity index is 892. The number of carbonyl (C=O) groups excluding carboxylic acids is 1. The highest BCUT2D eigenvalue weighted by Gasteiger charge is 2.16. The normalized spacial score (nSPS) is 11.0. The van der Waals surface area contributed by atoms with Crippen molar-refractivity contribution in [2.45, 2.75) is 11.8 Å². The average molecular weight is 388 g/mol. The second-order valence-electron chi connectivity index (χ2n) is 6.06. The number of nitrogens with zero attached hydrogens (tertiary/aromatic N) is 1. The molecule has 2 rings (SSSR count). The van der Waals surface area contributed by atoms with Gasteiger partial charge < -0.3 is 9.64 Å². The number of amides is 1. The number of carbonyl (C=O) groups is 1. The number of hydrogen-bond acceptors (Lipinski definition) is 4. The van der Waals surface area contributed by atoms with Gasteiger partial charge in [-0.3, -0.25) is 4.79 Å². The van der Waals surface area contributed by atoms with Crippen molar-refractivity contribution in [3.05, 3.63) is 72.3 Å². The second kappa shape index (κ2) is 9.34. The summed E-state index contributed by atoms with van der Waals surface area (Å²) in [6.45, 7) is 6.38. The largest absolute Gasteiger partial charge is 0.492 e. The molecule has 7 heteroatoms. The smallest absolute Gasteiger partial charge is 0.253 e. The van der Waals surface area contributed by atoms with Crippen LogP contribution in [0.3, 0.4) is 0 Å². The minimum atomic E-state index is -3.60. The fourth-order valence-electron chi connectivity index (χ4n) is 2.36. The van der Waals surface area contributed by atoms with E-state index >= 15 is 0 Å². The van der Waals surface area contributed by atoms with Gasteiger partial charge >= 0.3 is 0 Å². The molecule has 0 radical (unpaired) electrons. The zero-order valence-corrected chi connectivity index (χ0v) is 16.3. The number of aryl methyl sites for hydroxylation is 1. The summed E-state index contributed by atoms with van der Waals surface area (Å²) >= 11 is 0. The van der Waals surface area contributed by atoms with Crippen molar-refractivity contribution in [3.8, 4) is 5.75 Å². The quantitative estimate of drug-likeness (QED) is 0.670. The number of sulfonamides is 1. The molecule has 0 heterocycles. The van der Waals surface area contributed by atoms with Gasteiger partial charge in [-0.1, -0.05) is 18.2 Å². The number of benzene rings is 2. The van der Waals surface area contributed by atoms with E-state index in [1.54, 1.807) is 7.05 Å². The molecule has 0 saturated carbocycles. The first-order valence-electron chi connectivity index (χ1n) is 8.49. The van der Waals surface area contributed by atoms with E-state index in [0.29, 0.717) is 18.7 Å². The van der Waals surface area contributed by atoms with Gasteiger partial charge in [0.25, 0.3) is 5.91 Å². The molecular formula is C20H24N2O4S. The van der Waals surface area contributed by atoms with E-state index < -0.39 is 10.0 Å². The lowest BCUT2D eigenvalue weighted by Crippen LogP contribution is -2.31. The van der Waals surface area contributed by atoms with Crippen molar-refractivity contribution in [1.29, 1.82) is 0 Å². The number of ether oxygens (including phenoxy) is 1. The molecule has 0 unspecified atom stereocenters. The molecule has 0 aromatic heterocycles. The van der Waals surface area contributed by atoms with Crippen molar-refractivity contribution in [2.24, 2.45) is 0 Å². The zero-order valence-electron chi connectivity index (χ0n) is 15.5. The van der Waals surface area contributed by atoms with E-state index in [1.807, 2.05) is 31.2 Å².